The molecule has 0 bridgehead atoms. The topological polar surface area (TPSA) is 99.6 Å². The fraction of sp³-hybridized carbons (Fsp3) is 0.400. The van der Waals surface area contributed by atoms with Gasteiger partial charge in [-0.3, -0.25) is 4.79 Å². The zero-order valence-corrected chi connectivity index (χ0v) is 17.0. The summed E-state index contributed by atoms with van der Waals surface area (Å²) in [6.07, 6.45) is 4.13. The van der Waals surface area contributed by atoms with Crippen molar-refractivity contribution in [1.29, 1.82) is 0 Å². The SMILES string of the molecule is [C-]#[N+]c1cc(-c2nc3c(O[C@H]4CCN(C(=O)CC)C4)ncnc3n2C)cnc1OC. The van der Waals surface area contributed by atoms with Crippen molar-refractivity contribution in [3.05, 3.63) is 30.0 Å². The van der Waals surface area contributed by atoms with Crippen LogP contribution in [-0.2, 0) is 11.8 Å². The van der Waals surface area contributed by atoms with Gasteiger partial charge in [-0.05, 0) is 6.07 Å². The molecule has 0 unspecified atom stereocenters. The van der Waals surface area contributed by atoms with Crippen LogP contribution in [0.1, 0.15) is 19.8 Å². The van der Waals surface area contributed by atoms with Gasteiger partial charge in [-0.1, -0.05) is 6.92 Å². The number of nitrogens with zero attached hydrogens (tertiary/aromatic N) is 7. The number of aromatic nitrogens is 5. The Kier molecular flexibility index (Phi) is 5.18. The standard InChI is InChI=1S/C20H21N7O3/c1-5-15(28)27-7-6-13(10-27)30-20-16-18(23-11-24-20)26(3)17(25-16)12-8-14(21-2)19(29-4)22-9-12/h8-9,11,13H,5-7,10H2,1,3-4H3/t13-/m0/s1. The Hall–Kier alpha value is -3.74. The average Bonchev–Trinajstić information content (AvgIpc) is 3.38. The molecule has 154 valence electrons. The minimum atomic E-state index is -0.138. The lowest BCUT2D eigenvalue weighted by molar-refractivity contribution is -0.130. The molecule has 1 saturated heterocycles. The molecule has 4 heterocycles. The van der Waals surface area contributed by atoms with Crippen molar-refractivity contribution in [3.8, 4) is 23.1 Å². The van der Waals surface area contributed by atoms with Crippen LogP contribution in [0.3, 0.4) is 0 Å². The number of likely N-dealkylation sites (tertiary alicyclic amines) is 1. The van der Waals surface area contributed by atoms with Crippen molar-refractivity contribution in [2.75, 3.05) is 20.2 Å². The van der Waals surface area contributed by atoms with Crippen molar-refractivity contribution < 1.29 is 14.3 Å². The molecule has 3 aromatic heterocycles. The molecule has 30 heavy (non-hydrogen) atoms. The largest absolute Gasteiger partial charge is 0.490 e. The summed E-state index contributed by atoms with van der Waals surface area (Å²) < 4.78 is 13.0. The van der Waals surface area contributed by atoms with E-state index in [0.29, 0.717) is 53.6 Å². The predicted molar refractivity (Wildman–Crippen MR) is 108 cm³/mol. The predicted octanol–water partition coefficient (Wildman–Crippen LogP) is 2.37. The molecule has 10 heteroatoms. The summed E-state index contributed by atoms with van der Waals surface area (Å²) >= 11 is 0. The molecular weight excluding hydrogens is 386 g/mol. The molecule has 0 aliphatic carbocycles. The number of carbonyl (C=O) groups excluding carboxylic acids is 1. The van der Waals surface area contributed by atoms with Crippen LogP contribution < -0.4 is 9.47 Å². The van der Waals surface area contributed by atoms with Gasteiger partial charge >= 0.3 is 0 Å². The highest BCUT2D eigenvalue weighted by Crippen LogP contribution is 2.32. The molecule has 1 fully saturated rings. The van der Waals surface area contributed by atoms with Gasteiger partial charge in [0.05, 0.1) is 20.2 Å². The summed E-state index contributed by atoms with van der Waals surface area (Å²) in [7, 11) is 3.31. The van der Waals surface area contributed by atoms with E-state index in [1.807, 2.05) is 23.4 Å². The second-order valence-electron chi connectivity index (χ2n) is 6.93. The van der Waals surface area contributed by atoms with Crippen molar-refractivity contribution in [2.24, 2.45) is 7.05 Å². The van der Waals surface area contributed by atoms with Gasteiger partial charge in [-0.15, -0.1) is 0 Å². The maximum Gasteiger partial charge on any atom is 0.247 e. The Bertz CT molecular complexity index is 1150. The molecule has 0 saturated carbocycles. The van der Waals surface area contributed by atoms with E-state index in [4.69, 9.17) is 16.0 Å². The molecule has 1 amide bonds. The van der Waals surface area contributed by atoms with Gasteiger partial charge in [-0.25, -0.2) is 19.8 Å². The van der Waals surface area contributed by atoms with Gasteiger partial charge < -0.3 is 18.9 Å². The second-order valence-corrected chi connectivity index (χ2v) is 6.93. The molecule has 3 aromatic rings. The molecule has 0 spiro atoms. The number of methoxy groups -OCH3 is 1. The quantitative estimate of drug-likeness (QED) is 0.599. The average molecular weight is 407 g/mol. The van der Waals surface area contributed by atoms with E-state index in [2.05, 4.69) is 24.8 Å². The second kappa shape index (κ2) is 7.94. The summed E-state index contributed by atoms with van der Waals surface area (Å²) in [6.45, 7) is 10.4. The molecule has 10 nitrogen and oxygen atoms in total. The van der Waals surface area contributed by atoms with Crippen LogP contribution in [0.4, 0.5) is 5.69 Å². The lowest BCUT2D eigenvalue weighted by Crippen LogP contribution is -2.30. The first-order chi connectivity index (χ1) is 14.5. The van der Waals surface area contributed by atoms with Gasteiger partial charge in [0.25, 0.3) is 0 Å². The number of carbonyl (C=O) groups is 1. The molecule has 4 rings (SSSR count). The molecule has 0 aromatic carbocycles. The van der Waals surface area contributed by atoms with Crippen LogP contribution in [0.5, 0.6) is 11.8 Å². The maximum absolute atomic E-state index is 11.9. The number of ether oxygens (including phenoxy) is 2. The summed E-state index contributed by atoms with van der Waals surface area (Å²) in [6, 6.07) is 1.68. The van der Waals surface area contributed by atoms with E-state index in [9.17, 15) is 4.79 Å². The third kappa shape index (κ3) is 3.39. The van der Waals surface area contributed by atoms with Crippen molar-refractivity contribution >= 4 is 22.8 Å². The number of hydrogen-bond donors (Lipinski definition) is 0. The van der Waals surface area contributed by atoms with Crippen molar-refractivity contribution in [3.63, 3.8) is 0 Å². The smallest absolute Gasteiger partial charge is 0.247 e. The fourth-order valence-electron chi connectivity index (χ4n) is 3.56. The van der Waals surface area contributed by atoms with Crippen LogP contribution in [0.2, 0.25) is 0 Å². The Balaban J connectivity index is 1.67. The summed E-state index contributed by atoms with van der Waals surface area (Å²) in [5.74, 6) is 1.36. The highest BCUT2D eigenvalue weighted by molar-refractivity contribution is 5.82. The Labute approximate surface area is 173 Å². The molecule has 1 atom stereocenters. The lowest BCUT2D eigenvalue weighted by Gasteiger charge is -2.16. The van der Waals surface area contributed by atoms with Crippen LogP contribution in [0.25, 0.3) is 27.4 Å². The highest BCUT2D eigenvalue weighted by Gasteiger charge is 2.28. The van der Waals surface area contributed by atoms with Gasteiger partial charge in [0.15, 0.2) is 11.2 Å². The Morgan fingerprint density at radius 3 is 2.90 bits per heavy atom. The van der Waals surface area contributed by atoms with Crippen LogP contribution in [0.15, 0.2) is 18.6 Å². The number of hydrogen-bond acceptors (Lipinski definition) is 7. The number of fused-ring (bicyclic) bond motifs is 1. The highest BCUT2D eigenvalue weighted by atomic mass is 16.5. The Morgan fingerprint density at radius 1 is 1.33 bits per heavy atom. The summed E-state index contributed by atoms with van der Waals surface area (Å²) in [5, 5.41) is 0. The third-order valence-electron chi connectivity index (χ3n) is 5.11. The summed E-state index contributed by atoms with van der Waals surface area (Å²) in [5.41, 5.74) is 2.09. The number of aryl methyl sites for hydroxylation is 1. The lowest BCUT2D eigenvalue weighted by atomic mass is 10.2. The zero-order chi connectivity index (χ0) is 21.3. The first kappa shape index (κ1) is 19.6. The van der Waals surface area contributed by atoms with Crippen LogP contribution in [0, 0.1) is 6.57 Å². The minimum Gasteiger partial charge on any atom is -0.490 e. The first-order valence-corrected chi connectivity index (χ1v) is 9.59. The number of rotatable bonds is 5. The number of pyridine rings is 1. The van der Waals surface area contributed by atoms with Gasteiger partial charge in [0, 0.05) is 38.2 Å². The molecule has 1 aliphatic rings. The maximum atomic E-state index is 11.9. The summed E-state index contributed by atoms with van der Waals surface area (Å²) in [4.78, 5) is 34.7. The van der Waals surface area contributed by atoms with Crippen LogP contribution in [-0.4, -0.2) is 61.6 Å². The fourth-order valence-corrected chi connectivity index (χ4v) is 3.56. The minimum absolute atomic E-state index is 0.122. The third-order valence-corrected chi connectivity index (χ3v) is 5.11. The normalized spacial score (nSPS) is 15.9. The Morgan fingerprint density at radius 2 is 2.17 bits per heavy atom. The van der Waals surface area contributed by atoms with E-state index in [0.717, 1.165) is 6.42 Å². The zero-order valence-electron chi connectivity index (χ0n) is 17.0. The number of imidazole rings is 1. The van der Waals surface area contributed by atoms with Crippen LogP contribution >= 0.6 is 0 Å². The molecule has 0 radical (unpaired) electrons. The van der Waals surface area contributed by atoms with E-state index >= 15 is 0 Å². The number of amides is 1. The van der Waals surface area contributed by atoms with E-state index < -0.39 is 0 Å². The van der Waals surface area contributed by atoms with Crippen molar-refractivity contribution in [2.45, 2.75) is 25.9 Å². The monoisotopic (exact) mass is 407 g/mol. The molecule has 0 N–H and O–H groups in total. The molecular formula is C20H21N7O3. The van der Waals surface area contributed by atoms with Gasteiger partial charge in [0.2, 0.25) is 23.4 Å². The van der Waals surface area contributed by atoms with E-state index in [1.54, 1.807) is 12.3 Å². The first-order valence-electron chi connectivity index (χ1n) is 9.59. The van der Waals surface area contributed by atoms with Gasteiger partial charge in [0.1, 0.15) is 18.3 Å². The van der Waals surface area contributed by atoms with E-state index in [1.165, 1.54) is 13.4 Å². The molecule has 1 aliphatic heterocycles. The van der Waals surface area contributed by atoms with Crippen molar-refractivity contribution in [1.82, 2.24) is 29.4 Å². The van der Waals surface area contributed by atoms with Gasteiger partial charge in [-0.2, -0.15) is 4.98 Å². The van der Waals surface area contributed by atoms with E-state index in [-0.39, 0.29) is 17.9 Å².